The van der Waals surface area contributed by atoms with Gasteiger partial charge in [0.25, 0.3) is 11.4 Å². The van der Waals surface area contributed by atoms with Crippen molar-refractivity contribution in [2.24, 2.45) is 0 Å². The minimum absolute atomic E-state index is 0. The Hall–Kier alpha value is 0.740. The molecule has 0 rings (SSSR count). The summed E-state index contributed by atoms with van der Waals surface area (Å²) in [5.74, 6) is 0. The molecule has 0 aromatic rings. The second-order valence-corrected chi connectivity index (χ2v) is 1.65. The van der Waals surface area contributed by atoms with E-state index in [1.807, 2.05) is 6.92 Å². The Morgan fingerprint density at radius 1 is 1.50 bits per heavy atom. The molecule has 0 saturated heterocycles. The summed E-state index contributed by atoms with van der Waals surface area (Å²) < 4.78 is 22.8. The van der Waals surface area contributed by atoms with Gasteiger partial charge in [-0.1, -0.05) is 6.92 Å². The van der Waals surface area contributed by atoms with E-state index in [2.05, 4.69) is 0 Å². The maximum atomic E-state index is 9.40. The molecule has 2 N–H and O–H groups in total. The van der Waals surface area contributed by atoms with Crippen LogP contribution in [0.2, 0.25) is 0 Å². The first-order chi connectivity index (χ1) is 4.15. The summed E-state index contributed by atoms with van der Waals surface area (Å²) >= 11 is -2.61. The number of unbranched alkanes of at least 4 members (excludes halogenated alkanes) is 1. The Balaban J connectivity index is -0.0000000910. The van der Waals surface area contributed by atoms with Crippen LogP contribution in [0.5, 0.6) is 0 Å². The zero-order chi connectivity index (χ0) is 7.70. The molecule has 0 aliphatic carbocycles. The molecule has 0 amide bonds. The van der Waals surface area contributed by atoms with Crippen LogP contribution in [0.25, 0.3) is 0 Å². The van der Waals surface area contributed by atoms with Crippen LogP contribution in [0.1, 0.15) is 19.8 Å². The number of carbonyl (C=O) groups is 1. The van der Waals surface area contributed by atoms with Crippen LogP contribution in [0, 0.1) is 0 Å². The number of aldehydes is 1. The van der Waals surface area contributed by atoms with Gasteiger partial charge in [0.05, 0.1) is 0 Å². The first kappa shape index (κ1) is 17.0. The number of hydrogen-bond donors (Lipinski definition) is 2. The molecule has 0 aromatic heterocycles. The number of carbonyl (C=O) groups excluding carboxylic acids is 1. The van der Waals surface area contributed by atoms with Gasteiger partial charge in [0, 0.05) is 6.42 Å². The predicted molar refractivity (Wildman–Crippen MR) is 41.5 cm³/mol. The third-order valence-electron chi connectivity index (χ3n) is 0.407. The van der Waals surface area contributed by atoms with Crippen molar-refractivity contribution in [1.82, 2.24) is 0 Å². The molecule has 58 valence electrons. The molecular formula is C4H11NaO4S. The molecule has 0 bridgehead atoms. The van der Waals surface area contributed by atoms with Crippen molar-refractivity contribution < 1.29 is 18.1 Å². The van der Waals surface area contributed by atoms with E-state index in [-0.39, 0.29) is 29.6 Å². The average molecular weight is 178 g/mol. The van der Waals surface area contributed by atoms with Crippen molar-refractivity contribution in [3.8, 4) is 0 Å². The SMILES string of the molecule is CCCC=O.O=S(O)O.[NaH]. The minimum atomic E-state index is -2.61. The van der Waals surface area contributed by atoms with E-state index >= 15 is 0 Å². The van der Waals surface area contributed by atoms with Gasteiger partial charge in [0.2, 0.25) is 0 Å². The summed E-state index contributed by atoms with van der Waals surface area (Å²) in [5.41, 5.74) is 0. The second-order valence-electron chi connectivity index (χ2n) is 1.19. The predicted octanol–water partition coefficient (Wildman–Crippen LogP) is 0.0180. The summed E-state index contributed by atoms with van der Waals surface area (Å²) in [7, 11) is 0. The molecule has 0 saturated carbocycles. The third-order valence-corrected chi connectivity index (χ3v) is 0.407. The van der Waals surface area contributed by atoms with E-state index in [9.17, 15) is 4.79 Å². The van der Waals surface area contributed by atoms with Crippen molar-refractivity contribution in [2.45, 2.75) is 19.8 Å². The van der Waals surface area contributed by atoms with Gasteiger partial charge in [0.15, 0.2) is 0 Å². The Labute approximate surface area is 84.8 Å². The molecule has 0 unspecified atom stereocenters. The van der Waals surface area contributed by atoms with Crippen molar-refractivity contribution in [2.75, 3.05) is 0 Å². The molecule has 6 heteroatoms. The second kappa shape index (κ2) is 16.4. The van der Waals surface area contributed by atoms with Crippen molar-refractivity contribution >= 4 is 47.2 Å². The Kier molecular flexibility index (Phi) is 27.9. The van der Waals surface area contributed by atoms with Gasteiger partial charge in [-0.25, -0.2) is 0 Å². The molecule has 0 aliphatic heterocycles. The molecule has 0 heterocycles. The van der Waals surface area contributed by atoms with Crippen LogP contribution in [0.15, 0.2) is 0 Å². The molecule has 10 heavy (non-hydrogen) atoms. The zero-order valence-electron chi connectivity index (χ0n) is 5.11. The van der Waals surface area contributed by atoms with Gasteiger partial charge in [-0.05, 0) is 6.42 Å². The molecule has 0 aromatic carbocycles. The standard InChI is InChI=1S/C4H8O.Na.H2O3S.H/c1-2-3-4-5;;1-4(2)3;/h4H,2-3H2,1H3;;(H2,1,2,3);. The summed E-state index contributed by atoms with van der Waals surface area (Å²) in [6, 6.07) is 0. The van der Waals surface area contributed by atoms with Gasteiger partial charge in [0.1, 0.15) is 6.29 Å². The fraction of sp³-hybridized carbons (Fsp3) is 0.750. The third kappa shape index (κ3) is 69.7. The molecule has 0 radical (unpaired) electrons. The Morgan fingerprint density at radius 2 is 1.80 bits per heavy atom. The van der Waals surface area contributed by atoms with Crippen LogP contribution < -0.4 is 0 Å². The van der Waals surface area contributed by atoms with Crippen molar-refractivity contribution in [1.29, 1.82) is 0 Å². The first-order valence-electron chi connectivity index (χ1n) is 2.38. The van der Waals surface area contributed by atoms with E-state index < -0.39 is 11.4 Å². The van der Waals surface area contributed by atoms with Crippen molar-refractivity contribution in [3.05, 3.63) is 0 Å². The maximum absolute atomic E-state index is 9.40. The monoisotopic (exact) mass is 178 g/mol. The average Bonchev–Trinajstić information content (AvgIpc) is 1.66. The fourth-order valence-electron chi connectivity index (χ4n) is 0.118. The van der Waals surface area contributed by atoms with Crippen LogP contribution in [0.3, 0.4) is 0 Å². The normalized spacial score (nSPS) is 7.20. The topological polar surface area (TPSA) is 74.6 Å². The quantitative estimate of drug-likeness (QED) is 0.355. The summed E-state index contributed by atoms with van der Waals surface area (Å²) in [6.45, 7) is 1.98. The van der Waals surface area contributed by atoms with E-state index in [0.717, 1.165) is 12.7 Å². The molecule has 0 atom stereocenters. The van der Waals surface area contributed by atoms with Gasteiger partial charge in [-0.2, -0.15) is 4.21 Å². The first-order valence-corrected chi connectivity index (χ1v) is 3.45. The molecule has 0 fully saturated rings. The molecular weight excluding hydrogens is 167 g/mol. The van der Waals surface area contributed by atoms with Crippen molar-refractivity contribution in [3.63, 3.8) is 0 Å². The van der Waals surface area contributed by atoms with Crippen LogP contribution >= 0.6 is 0 Å². The molecule has 4 nitrogen and oxygen atoms in total. The fourth-order valence-corrected chi connectivity index (χ4v) is 0.118. The number of hydrogen-bond acceptors (Lipinski definition) is 2. The van der Waals surface area contributed by atoms with E-state index in [0.29, 0.717) is 6.42 Å². The Morgan fingerprint density at radius 3 is 1.80 bits per heavy atom. The van der Waals surface area contributed by atoms with E-state index in [4.69, 9.17) is 13.3 Å². The van der Waals surface area contributed by atoms with Crippen LogP contribution in [-0.4, -0.2) is 49.2 Å². The van der Waals surface area contributed by atoms with E-state index in [1.165, 1.54) is 0 Å². The van der Waals surface area contributed by atoms with Crippen LogP contribution in [-0.2, 0) is 16.2 Å². The zero-order valence-corrected chi connectivity index (χ0v) is 5.93. The van der Waals surface area contributed by atoms with Gasteiger partial charge in [-0.15, -0.1) is 0 Å². The molecule has 0 aliphatic rings. The van der Waals surface area contributed by atoms with Gasteiger partial charge >= 0.3 is 29.6 Å². The van der Waals surface area contributed by atoms with Gasteiger partial charge < -0.3 is 4.79 Å². The van der Waals surface area contributed by atoms with Crippen LogP contribution in [0.4, 0.5) is 0 Å². The summed E-state index contributed by atoms with van der Waals surface area (Å²) in [6.07, 6.45) is 2.61. The van der Waals surface area contributed by atoms with Gasteiger partial charge in [-0.3, -0.25) is 9.11 Å². The summed E-state index contributed by atoms with van der Waals surface area (Å²) in [4.78, 5) is 9.40. The Bertz CT molecular complexity index is 83.3. The van der Waals surface area contributed by atoms with E-state index in [1.54, 1.807) is 0 Å². The number of rotatable bonds is 2. The molecule has 0 spiro atoms. The summed E-state index contributed by atoms with van der Waals surface area (Å²) in [5, 5.41) is 0.